The molecule has 0 aliphatic rings. The zero-order chi connectivity index (χ0) is 12.9. The highest BCUT2D eigenvalue weighted by Crippen LogP contribution is 2.34. The maximum Gasteiger partial charge on any atom is 0.416 e. The van der Waals surface area contributed by atoms with Crippen molar-refractivity contribution in [2.45, 2.75) is 26.9 Å². The summed E-state index contributed by atoms with van der Waals surface area (Å²) in [5, 5.41) is 8.67. The molecule has 0 bridgehead atoms. The maximum absolute atomic E-state index is 12.3. The standard InChI is InChI=1S/C8H7ClF3NO.C2H6/c1-4-6(9)2-5(8(10,11)12)3-7(4)13-14;1-2/h2-3,13-14H,1H3;1-2H3/p+1. The maximum atomic E-state index is 12.3. The summed E-state index contributed by atoms with van der Waals surface area (Å²) in [6.07, 6.45) is -4.45. The van der Waals surface area contributed by atoms with Crippen LogP contribution in [-0.4, -0.2) is 5.21 Å². The Balaban J connectivity index is 0.00000106. The number of halogens is 4. The fourth-order valence-corrected chi connectivity index (χ4v) is 1.22. The molecule has 6 heteroatoms. The zero-order valence-corrected chi connectivity index (χ0v) is 9.95. The zero-order valence-electron chi connectivity index (χ0n) is 9.19. The van der Waals surface area contributed by atoms with Crippen LogP contribution in [0.2, 0.25) is 5.02 Å². The third-order valence-electron chi connectivity index (χ3n) is 1.85. The second-order valence-corrected chi connectivity index (χ2v) is 3.21. The van der Waals surface area contributed by atoms with E-state index in [-0.39, 0.29) is 10.7 Å². The number of quaternary nitrogens is 1. The molecule has 1 rings (SSSR count). The smallest absolute Gasteiger partial charge is 0.215 e. The molecule has 3 N–H and O–H groups in total. The Morgan fingerprint density at radius 3 is 2.12 bits per heavy atom. The predicted molar refractivity (Wildman–Crippen MR) is 55.9 cm³/mol. The second-order valence-electron chi connectivity index (χ2n) is 2.80. The number of rotatable bonds is 1. The first-order valence-corrected chi connectivity index (χ1v) is 5.09. The number of hydrogen-bond donors (Lipinski definition) is 2. The van der Waals surface area contributed by atoms with Crippen LogP contribution in [0, 0.1) is 6.92 Å². The van der Waals surface area contributed by atoms with Crippen LogP contribution in [0.25, 0.3) is 0 Å². The molecule has 0 amide bonds. The third-order valence-corrected chi connectivity index (χ3v) is 2.24. The second kappa shape index (κ2) is 6.08. The van der Waals surface area contributed by atoms with Crippen molar-refractivity contribution in [1.29, 1.82) is 0 Å². The van der Waals surface area contributed by atoms with Crippen molar-refractivity contribution in [3.8, 4) is 0 Å². The van der Waals surface area contributed by atoms with Crippen molar-refractivity contribution in [1.82, 2.24) is 0 Å². The Kier molecular flexibility index (Phi) is 5.78. The summed E-state index contributed by atoms with van der Waals surface area (Å²) in [7, 11) is 0. The molecule has 1 aromatic carbocycles. The van der Waals surface area contributed by atoms with Crippen LogP contribution in [0.3, 0.4) is 0 Å². The Morgan fingerprint density at radius 2 is 1.75 bits per heavy atom. The van der Waals surface area contributed by atoms with Gasteiger partial charge in [0.05, 0.1) is 10.6 Å². The summed E-state index contributed by atoms with van der Waals surface area (Å²) in [4.78, 5) is 0. The van der Waals surface area contributed by atoms with Crippen molar-refractivity contribution in [2.75, 3.05) is 0 Å². The topological polar surface area (TPSA) is 36.8 Å². The van der Waals surface area contributed by atoms with Gasteiger partial charge in [-0.25, -0.2) is 5.21 Å². The molecule has 0 radical (unpaired) electrons. The van der Waals surface area contributed by atoms with Gasteiger partial charge in [-0.15, -0.1) is 0 Å². The lowest BCUT2D eigenvalue weighted by Gasteiger charge is -2.09. The van der Waals surface area contributed by atoms with Gasteiger partial charge in [-0.1, -0.05) is 25.4 Å². The molecule has 0 aliphatic carbocycles. The van der Waals surface area contributed by atoms with Crippen LogP contribution in [-0.2, 0) is 6.18 Å². The van der Waals surface area contributed by atoms with Gasteiger partial charge >= 0.3 is 6.18 Å². The highest BCUT2D eigenvalue weighted by atomic mass is 35.5. The summed E-state index contributed by atoms with van der Waals surface area (Å²) in [6, 6.07) is 1.69. The van der Waals surface area contributed by atoms with Crippen LogP contribution >= 0.6 is 11.6 Å². The first-order valence-electron chi connectivity index (χ1n) is 4.71. The van der Waals surface area contributed by atoms with Gasteiger partial charge in [-0.05, 0) is 13.0 Å². The molecule has 0 saturated heterocycles. The molecule has 92 valence electrons. The van der Waals surface area contributed by atoms with E-state index in [1.807, 2.05) is 13.8 Å². The van der Waals surface area contributed by atoms with Crippen molar-refractivity contribution < 1.29 is 23.9 Å². The van der Waals surface area contributed by atoms with E-state index in [9.17, 15) is 13.2 Å². The quantitative estimate of drug-likeness (QED) is 0.587. The normalized spacial score (nSPS) is 10.8. The first kappa shape index (κ1) is 15.2. The summed E-state index contributed by atoms with van der Waals surface area (Å²) in [5.74, 6) is 0. The van der Waals surface area contributed by atoms with Crippen LogP contribution in [0.4, 0.5) is 18.9 Å². The number of alkyl halides is 3. The average molecular weight is 257 g/mol. The minimum absolute atomic E-state index is 0.0138. The number of hydrogen-bond acceptors (Lipinski definition) is 1. The highest BCUT2D eigenvalue weighted by Gasteiger charge is 2.32. The van der Waals surface area contributed by atoms with E-state index in [1.54, 1.807) is 0 Å². The molecule has 0 saturated carbocycles. The number of nitrogens with two attached hydrogens (primary N) is 1. The third kappa shape index (κ3) is 3.66. The molecule has 0 fully saturated rings. The van der Waals surface area contributed by atoms with Crippen LogP contribution in [0.15, 0.2) is 12.1 Å². The van der Waals surface area contributed by atoms with Gasteiger partial charge < -0.3 is 0 Å². The highest BCUT2D eigenvalue weighted by molar-refractivity contribution is 6.31. The molecular formula is C10H14ClF3NO+. The first-order chi connectivity index (χ1) is 7.36. The van der Waals surface area contributed by atoms with E-state index < -0.39 is 11.7 Å². The molecule has 0 aliphatic heterocycles. The van der Waals surface area contributed by atoms with Crippen LogP contribution in [0.5, 0.6) is 0 Å². The minimum atomic E-state index is -4.45. The number of benzene rings is 1. The van der Waals surface area contributed by atoms with E-state index in [0.29, 0.717) is 11.0 Å². The summed E-state index contributed by atoms with van der Waals surface area (Å²) in [5.41, 5.74) is 0.233. The Morgan fingerprint density at radius 1 is 1.25 bits per heavy atom. The van der Waals surface area contributed by atoms with Gasteiger partial charge in [0.25, 0.3) is 0 Å². The van der Waals surface area contributed by atoms with Crippen molar-refractivity contribution in [2.24, 2.45) is 0 Å². The molecule has 0 unspecified atom stereocenters. The molecule has 0 aromatic heterocycles. The van der Waals surface area contributed by atoms with E-state index >= 15 is 0 Å². The molecule has 16 heavy (non-hydrogen) atoms. The fourth-order valence-electron chi connectivity index (χ4n) is 0.998. The van der Waals surface area contributed by atoms with E-state index in [1.165, 1.54) is 6.92 Å². The van der Waals surface area contributed by atoms with E-state index in [4.69, 9.17) is 16.8 Å². The van der Waals surface area contributed by atoms with Crippen LogP contribution in [0.1, 0.15) is 25.0 Å². The summed E-state index contributed by atoms with van der Waals surface area (Å²) < 4.78 is 36.8. The SMILES string of the molecule is CC.Cc1c(Cl)cc(C(F)(F)F)cc1[NH2+]O. The lowest BCUT2D eigenvalue weighted by atomic mass is 10.1. The van der Waals surface area contributed by atoms with Crippen LogP contribution < -0.4 is 5.48 Å². The van der Waals surface area contributed by atoms with Gasteiger partial charge in [0.2, 0.25) is 0 Å². The van der Waals surface area contributed by atoms with E-state index in [0.717, 1.165) is 12.1 Å². The largest absolute Gasteiger partial charge is 0.416 e. The summed E-state index contributed by atoms with van der Waals surface area (Å²) >= 11 is 5.57. The molecule has 0 heterocycles. The van der Waals surface area contributed by atoms with Crippen molar-refractivity contribution in [3.05, 3.63) is 28.3 Å². The molecule has 0 spiro atoms. The molecular weight excluding hydrogens is 243 g/mol. The van der Waals surface area contributed by atoms with E-state index in [2.05, 4.69) is 0 Å². The Bertz CT molecular complexity index is 353. The van der Waals surface area contributed by atoms with Gasteiger partial charge in [0, 0.05) is 11.6 Å². The molecule has 2 nitrogen and oxygen atoms in total. The fraction of sp³-hybridized carbons (Fsp3) is 0.400. The van der Waals surface area contributed by atoms with Crippen molar-refractivity contribution in [3.63, 3.8) is 0 Å². The van der Waals surface area contributed by atoms with Gasteiger partial charge in [0.1, 0.15) is 0 Å². The predicted octanol–water partition coefficient (Wildman–Crippen LogP) is 3.28. The Labute approximate surface area is 97.0 Å². The lowest BCUT2D eigenvalue weighted by molar-refractivity contribution is -0.826. The molecule has 1 aromatic rings. The van der Waals surface area contributed by atoms with Gasteiger partial charge in [-0.2, -0.15) is 18.7 Å². The Hall–Kier alpha value is -0.780. The van der Waals surface area contributed by atoms with Gasteiger partial charge in [-0.3, -0.25) is 0 Å². The minimum Gasteiger partial charge on any atom is -0.215 e. The lowest BCUT2D eigenvalue weighted by Crippen LogP contribution is -2.74. The molecule has 0 atom stereocenters. The average Bonchev–Trinajstić information content (AvgIpc) is 2.23. The van der Waals surface area contributed by atoms with Crippen molar-refractivity contribution >= 4 is 17.3 Å². The monoisotopic (exact) mass is 256 g/mol. The van der Waals surface area contributed by atoms with Gasteiger partial charge in [0.15, 0.2) is 5.69 Å². The summed E-state index contributed by atoms with van der Waals surface area (Å²) in [6.45, 7) is 5.53.